The van der Waals surface area contributed by atoms with Crippen LogP contribution in [0.3, 0.4) is 0 Å². The molecule has 0 spiro atoms. The lowest BCUT2D eigenvalue weighted by molar-refractivity contribution is 0.00578. The number of benzene rings is 3. The second kappa shape index (κ2) is 6.95. The molecule has 1 fully saturated rings. The highest BCUT2D eigenvalue weighted by Crippen LogP contribution is 2.48. The summed E-state index contributed by atoms with van der Waals surface area (Å²) >= 11 is 3.78. The van der Waals surface area contributed by atoms with Crippen molar-refractivity contribution in [2.45, 2.75) is 38.9 Å². The van der Waals surface area contributed by atoms with Gasteiger partial charge in [0.15, 0.2) is 0 Å². The number of nitrogens with zero attached hydrogens (tertiary/aromatic N) is 1. The third-order valence-electron chi connectivity index (χ3n) is 7.46. The largest absolute Gasteiger partial charge is 0.494 e. The molecule has 168 valence electrons. The standard InChI is InChI=1S/C28H24BNO2S2/c1-27(2)28(3,4)32-29(31-27)17-14-15-22-20(16-17)24-25(33-22)23-19-12-8-9-13-21(19)30(26(23)34-24)18-10-6-5-7-11-18/h5-16H,1-4H3. The molecule has 0 saturated carbocycles. The van der Waals surface area contributed by atoms with Gasteiger partial charge in [-0.3, -0.25) is 0 Å². The molecule has 0 atom stereocenters. The molecule has 0 amide bonds. The van der Waals surface area contributed by atoms with Gasteiger partial charge in [0, 0.05) is 26.5 Å². The molecule has 6 heteroatoms. The molecular weight excluding hydrogens is 457 g/mol. The van der Waals surface area contributed by atoms with Crippen LogP contribution in [0.5, 0.6) is 0 Å². The van der Waals surface area contributed by atoms with E-state index in [0.29, 0.717) is 0 Å². The van der Waals surface area contributed by atoms with Gasteiger partial charge in [0.05, 0.1) is 26.1 Å². The molecule has 34 heavy (non-hydrogen) atoms. The van der Waals surface area contributed by atoms with Gasteiger partial charge in [-0.25, -0.2) is 0 Å². The fourth-order valence-corrected chi connectivity index (χ4v) is 7.74. The second-order valence-electron chi connectivity index (χ2n) is 10.1. The number of thiophene rings is 2. The van der Waals surface area contributed by atoms with Crippen LogP contribution in [0.1, 0.15) is 27.7 Å². The first-order valence-corrected chi connectivity index (χ1v) is 13.3. The Morgan fingerprint density at radius 2 is 1.44 bits per heavy atom. The van der Waals surface area contributed by atoms with Gasteiger partial charge in [-0.2, -0.15) is 0 Å². The van der Waals surface area contributed by atoms with Crippen LogP contribution >= 0.6 is 22.7 Å². The first-order valence-electron chi connectivity index (χ1n) is 11.6. The van der Waals surface area contributed by atoms with E-state index in [2.05, 4.69) is 105 Å². The fraction of sp³-hybridized carbons (Fsp3) is 0.214. The molecule has 0 aliphatic carbocycles. The maximum atomic E-state index is 6.35. The summed E-state index contributed by atoms with van der Waals surface area (Å²) < 4.78 is 19.1. The summed E-state index contributed by atoms with van der Waals surface area (Å²) in [5.74, 6) is 0. The minimum Gasteiger partial charge on any atom is -0.399 e. The van der Waals surface area contributed by atoms with Crippen LogP contribution in [0, 0.1) is 0 Å². The minimum absolute atomic E-state index is 0.347. The van der Waals surface area contributed by atoms with Crippen LogP contribution in [0.15, 0.2) is 72.8 Å². The van der Waals surface area contributed by atoms with E-state index in [-0.39, 0.29) is 18.3 Å². The average molecular weight is 481 g/mol. The zero-order valence-corrected chi connectivity index (χ0v) is 21.2. The van der Waals surface area contributed by atoms with Gasteiger partial charge in [-0.15, -0.1) is 22.7 Å². The molecule has 0 unspecified atom stereocenters. The Balaban J connectivity index is 1.48. The molecule has 0 radical (unpaired) electrons. The van der Waals surface area contributed by atoms with Crippen LogP contribution in [-0.4, -0.2) is 22.9 Å². The average Bonchev–Trinajstić information content (AvgIpc) is 3.50. The Kier molecular flexibility index (Phi) is 4.24. The van der Waals surface area contributed by atoms with E-state index in [9.17, 15) is 0 Å². The molecule has 7 rings (SSSR count). The molecule has 3 nitrogen and oxygen atoms in total. The van der Waals surface area contributed by atoms with Crippen molar-refractivity contribution in [2.75, 3.05) is 0 Å². The molecule has 4 heterocycles. The smallest absolute Gasteiger partial charge is 0.399 e. The Morgan fingerprint density at radius 3 is 2.21 bits per heavy atom. The Hall–Kier alpha value is -2.64. The number of para-hydroxylation sites is 2. The molecule has 0 bridgehead atoms. The van der Waals surface area contributed by atoms with E-state index < -0.39 is 0 Å². The molecule has 1 saturated heterocycles. The molecule has 6 aromatic rings. The van der Waals surface area contributed by atoms with Crippen LogP contribution in [-0.2, 0) is 9.31 Å². The molecule has 1 aliphatic heterocycles. The van der Waals surface area contributed by atoms with Crippen molar-refractivity contribution in [1.29, 1.82) is 0 Å². The van der Waals surface area contributed by atoms with Crippen molar-refractivity contribution in [2.24, 2.45) is 0 Å². The summed E-state index contributed by atoms with van der Waals surface area (Å²) in [7, 11) is -0.349. The van der Waals surface area contributed by atoms with Gasteiger partial charge < -0.3 is 13.9 Å². The second-order valence-corrected chi connectivity index (χ2v) is 12.1. The molecule has 3 aromatic heterocycles. The van der Waals surface area contributed by atoms with Crippen LogP contribution in [0.25, 0.3) is 46.3 Å². The third-order valence-corrected chi connectivity index (χ3v) is 9.99. The monoisotopic (exact) mass is 481 g/mol. The van der Waals surface area contributed by atoms with Crippen LogP contribution in [0.2, 0.25) is 0 Å². The van der Waals surface area contributed by atoms with Crippen molar-refractivity contribution < 1.29 is 9.31 Å². The Bertz CT molecular complexity index is 1710. The summed E-state index contributed by atoms with van der Waals surface area (Å²) in [6, 6.07) is 26.1. The number of rotatable bonds is 2. The highest BCUT2D eigenvalue weighted by molar-refractivity contribution is 7.36. The van der Waals surface area contributed by atoms with Crippen molar-refractivity contribution in [1.82, 2.24) is 4.57 Å². The first kappa shape index (κ1) is 20.7. The summed E-state index contributed by atoms with van der Waals surface area (Å²) in [5.41, 5.74) is 2.85. The SMILES string of the molecule is CC1(C)OB(c2ccc3sc4c(sc5c4c4ccccc4n5-c4ccccc4)c3c2)OC1(C)C. The first-order chi connectivity index (χ1) is 16.3. The number of fused-ring (bicyclic) bond motifs is 7. The van der Waals surface area contributed by atoms with E-state index in [1.807, 2.05) is 22.7 Å². The highest BCUT2D eigenvalue weighted by atomic mass is 32.1. The minimum atomic E-state index is -0.349. The summed E-state index contributed by atoms with van der Waals surface area (Å²) in [4.78, 5) is 1.30. The molecular formula is C28H24BNO2S2. The van der Waals surface area contributed by atoms with Crippen LogP contribution < -0.4 is 5.46 Å². The van der Waals surface area contributed by atoms with E-state index in [4.69, 9.17) is 9.31 Å². The van der Waals surface area contributed by atoms with Crippen LogP contribution in [0.4, 0.5) is 0 Å². The Morgan fingerprint density at radius 1 is 0.735 bits per heavy atom. The predicted molar refractivity (Wildman–Crippen MR) is 147 cm³/mol. The van der Waals surface area contributed by atoms with Gasteiger partial charge in [-0.05, 0) is 57.4 Å². The molecule has 1 aliphatic rings. The van der Waals surface area contributed by atoms with Gasteiger partial charge in [0.2, 0.25) is 0 Å². The van der Waals surface area contributed by atoms with Gasteiger partial charge >= 0.3 is 7.12 Å². The van der Waals surface area contributed by atoms with Gasteiger partial charge in [-0.1, -0.05) is 48.5 Å². The molecule has 0 N–H and O–H groups in total. The molecule has 3 aromatic carbocycles. The summed E-state index contributed by atoms with van der Waals surface area (Å²) in [6.07, 6.45) is 0. The topological polar surface area (TPSA) is 23.4 Å². The quantitative estimate of drug-likeness (QED) is 0.239. The number of hydrogen-bond donors (Lipinski definition) is 0. The number of hydrogen-bond acceptors (Lipinski definition) is 4. The van der Waals surface area contributed by atoms with Crippen molar-refractivity contribution in [3.05, 3.63) is 72.8 Å². The summed E-state index contributed by atoms with van der Waals surface area (Å²) in [6.45, 7) is 8.42. The van der Waals surface area contributed by atoms with E-state index in [0.717, 1.165) is 5.46 Å². The predicted octanol–water partition coefficient (Wildman–Crippen LogP) is 7.51. The number of aromatic nitrogens is 1. The van der Waals surface area contributed by atoms with Crippen molar-refractivity contribution in [3.8, 4) is 5.69 Å². The van der Waals surface area contributed by atoms with Gasteiger partial charge in [0.1, 0.15) is 4.83 Å². The Labute approximate surface area is 206 Å². The lowest BCUT2D eigenvalue weighted by Crippen LogP contribution is -2.41. The van der Waals surface area contributed by atoms with E-state index in [1.54, 1.807) is 0 Å². The zero-order valence-electron chi connectivity index (χ0n) is 19.6. The fourth-order valence-electron chi connectivity index (χ4n) is 4.95. The van der Waals surface area contributed by atoms with Crippen molar-refractivity contribution >= 4 is 75.9 Å². The lowest BCUT2D eigenvalue weighted by atomic mass is 9.79. The third kappa shape index (κ3) is 2.77. The maximum Gasteiger partial charge on any atom is 0.494 e. The van der Waals surface area contributed by atoms with E-state index >= 15 is 0 Å². The summed E-state index contributed by atoms with van der Waals surface area (Å²) in [5, 5.41) is 3.96. The maximum absolute atomic E-state index is 6.35. The highest BCUT2D eigenvalue weighted by Gasteiger charge is 2.51. The normalized spacial score (nSPS) is 17.6. The van der Waals surface area contributed by atoms with Crippen molar-refractivity contribution in [3.63, 3.8) is 0 Å². The van der Waals surface area contributed by atoms with E-state index in [1.165, 1.54) is 46.3 Å². The zero-order chi connectivity index (χ0) is 23.2. The lowest BCUT2D eigenvalue weighted by Gasteiger charge is -2.32. The van der Waals surface area contributed by atoms with Gasteiger partial charge in [0.25, 0.3) is 0 Å².